The van der Waals surface area contributed by atoms with Gasteiger partial charge in [0.1, 0.15) is 6.04 Å². The van der Waals surface area contributed by atoms with Crippen LogP contribution in [0, 0.1) is 0 Å². The summed E-state index contributed by atoms with van der Waals surface area (Å²) in [6.07, 6.45) is 3.30. The lowest BCUT2D eigenvalue weighted by molar-refractivity contribution is -0.119. The maximum absolute atomic E-state index is 12.4. The largest absolute Gasteiger partial charge is 0.324 e. The highest BCUT2D eigenvalue weighted by molar-refractivity contribution is 7.92. The molecule has 0 saturated heterocycles. The molecule has 134 valence electrons. The lowest BCUT2D eigenvalue weighted by atomic mass is 10.2. The van der Waals surface area contributed by atoms with Crippen LogP contribution in [0.5, 0.6) is 0 Å². The lowest BCUT2D eigenvalue weighted by Gasteiger charge is -2.14. The van der Waals surface area contributed by atoms with Crippen LogP contribution in [0.4, 0.5) is 11.4 Å². The van der Waals surface area contributed by atoms with Gasteiger partial charge in [-0.15, -0.1) is 0 Å². The van der Waals surface area contributed by atoms with Crippen molar-refractivity contribution in [2.75, 3.05) is 10.0 Å². The molecule has 2 aromatic carbocycles. The molecule has 26 heavy (non-hydrogen) atoms. The van der Waals surface area contributed by atoms with Gasteiger partial charge in [0.25, 0.3) is 10.0 Å². The molecule has 0 aliphatic heterocycles. The number of anilines is 2. The molecule has 0 aliphatic carbocycles. The second-order valence-electron chi connectivity index (χ2n) is 5.65. The third-order valence-electron chi connectivity index (χ3n) is 3.74. The maximum atomic E-state index is 12.4. The summed E-state index contributed by atoms with van der Waals surface area (Å²) in [7, 11) is -3.69. The average molecular weight is 370 g/mol. The summed E-state index contributed by atoms with van der Waals surface area (Å²) in [6.45, 7) is 1.73. The molecule has 0 fully saturated rings. The van der Waals surface area contributed by atoms with Gasteiger partial charge in [-0.2, -0.15) is 5.10 Å². The van der Waals surface area contributed by atoms with Gasteiger partial charge in [-0.1, -0.05) is 24.3 Å². The minimum absolute atomic E-state index is 0.168. The molecule has 0 saturated carbocycles. The fraction of sp³-hybridized carbons (Fsp3) is 0.111. The van der Waals surface area contributed by atoms with E-state index in [2.05, 4.69) is 15.1 Å². The molecule has 0 spiro atoms. The van der Waals surface area contributed by atoms with E-state index in [1.165, 1.54) is 16.8 Å². The van der Waals surface area contributed by atoms with Gasteiger partial charge in [0.05, 0.1) is 10.6 Å². The smallest absolute Gasteiger partial charge is 0.261 e. The Morgan fingerprint density at radius 1 is 1.04 bits per heavy atom. The number of carbonyl (C=O) groups is 1. The van der Waals surface area contributed by atoms with E-state index in [0.717, 1.165) is 0 Å². The first-order valence-electron chi connectivity index (χ1n) is 7.94. The number of sulfonamides is 1. The number of hydrogen-bond donors (Lipinski definition) is 2. The molecule has 7 nitrogen and oxygen atoms in total. The topological polar surface area (TPSA) is 93.1 Å². The predicted octanol–water partition coefficient (Wildman–Crippen LogP) is 2.88. The summed E-state index contributed by atoms with van der Waals surface area (Å²) in [4.78, 5) is 12.5. The molecule has 2 N–H and O–H groups in total. The zero-order valence-electron chi connectivity index (χ0n) is 14.0. The van der Waals surface area contributed by atoms with Gasteiger partial charge in [-0.3, -0.25) is 14.2 Å². The van der Waals surface area contributed by atoms with Gasteiger partial charge in [-0.25, -0.2) is 8.42 Å². The molecule has 1 atom stereocenters. The van der Waals surface area contributed by atoms with E-state index in [1.54, 1.807) is 67.8 Å². The number of benzene rings is 2. The van der Waals surface area contributed by atoms with E-state index in [-0.39, 0.29) is 10.8 Å². The first-order valence-corrected chi connectivity index (χ1v) is 9.42. The summed E-state index contributed by atoms with van der Waals surface area (Å²) in [5, 5.41) is 6.80. The highest BCUT2D eigenvalue weighted by Gasteiger charge is 2.16. The van der Waals surface area contributed by atoms with Crippen molar-refractivity contribution in [1.29, 1.82) is 0 Å². The van der Waals surface area contributed by atoms with Gasteiger partial charge in [0.15, 0.2) is 0 Å². The standard InChI is InChI=1S/C18H18N4O3S/c1-14(22-12-6-11-19-22)18(23)20-15-7-5-8-16(13-15)21-26(24,25)17-9-3-2-4-10-17/h2-14,21H,1H3,(H,20,23). The molecular weight excluding hydrogens is 352 g/mol. The Hall–Kier alpha value is -3.13. The van der Waals surface area contributed by atoms with Gasteiger partial charge in [0.2, 0.25) is 5.91 Å². The van der Waals surface area contributed by atoms with E-state index in [9.17, 15) is 13.2 Å². The fourth-order valence-corrected chi connectivity index (χ4v) is 3.42. The van der Waals surface area contributed by atoms with Gasteiger partial charge >= 0.3 is 0 Å². The Morgan fingerprint density at radius 2 is 1.77 bits per heavy atom. The Balaban J connectivity index is 1.73. The number of aromatic nitrogens is 2. The zero-order chi connectivity index (χ0) is 18.6. The van der Waals surface area contributed by atoms with Crippen molar-refractivity contribution >= 4 is 27.3 Å². The van der Waals surface area contributed by atoms with Crippen LogP contribution in [0.25, 0.3) is 0 Å². The van der Waals surface area contributed by atoms with Crippen molar-refractivity contribution in [2.45, 2.75) is 17.9 Å². The van der Waals surface area contributed by atoms with Crippen LogP contribution in [-0.4, -0.2) is 24.1 Å². The number of carbonyl (C=O) groups excluding carboxylic acids is 1. The first-order chi connectivity index (χ1) is 12.5. The highest BCUT2D eigenvalue weighted by Crippen LogP contribution is 2.20. The van der Waals surface area contributed by atoms with E-state index in [1.807, 2.05) is 0 Å². The summed E-state index contributed by atoms with van der Waals surface area (Å²) in [5.74, 6) is -0.253. The van der Waals surface area contributed by atoms with Crippen molar-refractivity contribution in [3.8, 4) is 0 Å². The highest BCUT2D eigenvalue weighted by atomic mass is 32.2. The summed E-state index contributed by atoms with van der Waals surface area (Å²) in [6, 6.07) is 15.9. The Morgan fingerprint density at radius 3 is 2.46 bits per heavy atom. The second kappa shape index (κ2) is 7.40. The molecule has 1 amide bonds. The molecule has 1 heterocycles. The number of nitrogens with zero attached hydrogens (tertiary/aromatic N) is 2. The zero-order valence-corrected chi connectivity index (χ0v) is 14.8. The second-order valence-corrected chi connectivity index (χ2v) is 7.33. The minimum atomic E-state index is -3.69. The van der Waals surface area contributed by atoms with E-state index in [0.29, 0.717) is 11.4 Å². The van der Waals surface area contributed by atoms with Crippen LogP contribution in [0.1, 0.15) is 13.0 Å². The van der Waals surface area contributed by atoms with Crippen LogP contribution in [0.3, 0.4) is 0 Å². The average Bonchev–Trinajstić information content (AvgIpc) is 3.16. The molecular formula is C18H18N4O3S. The summed E-state index contributed by atoms with van der Waals surface area (Å²) >= 11 is 0. The molecule has 1 unspecified atom stereocenters. The van der Waals surface area contributed by atoms with Crippen LogP contribution < -0.4 is 10.0 Å². The number of hydrogen-bond acceptors (Lipinski definition) is 4. The molecule has 3 rings (SSSR count). The maximum Gasteiger partial charge on any atom is 0.261 e. The third-order valence-corrected chi connectivity index (χ3v) is 5.13. The minimum Gasteiger partial charge on any atom is -0.324 e. The van der Waals surface area contributed by atoms with Crippen molar-refractivity contribution < 1.29 is 13.2 Å². The molecule has 0 bridgehead atoms. The fourth-order valence-electron chi connectivity index (χ4n) is 2.35. The molecule has 1 aromatic heterocycles. The summed E-state index contributed by atoms with van der Waals surface area (Å²) in [5.41, 5.74) is 0.848. The quantitative estimate of drug-likeness (QED) is 0.698. The van der Waals surface area contributed by atoms with Crippen LogP contribution in [0.15, 0.2) is 78.0 Å². The number of rotatable bonds is 6. The van der Waals surface area contributed by atoms with Crippen molar-refractivity contribution in [3.05, 3.63) is 73.1 Å². The lowest BCUT2D eigenvalue weighted by Crippen LogP contribution is -2.24. The first kappa shape index (κ1) is 17.7. The SMILES string of the molecule is CC(C(=O)Nc1cccc(NS(=O)(=O)c2ccccc2)c1)n1cccn1. The Bertz CT molecular complexity index is 986. The summed E-state index contributed by atoms with van der Waals surface area (Å²) < 4.78 is 28.8. The Kier molecular flexibility index (Phi) is 5.04. The van der Waals surface area contributed by atoms with Crippen molar-refractivity contribution in [3.63, 3.8) is 0 Å². The predicted molar refractivity (Wildman–Crippen MR) is 99.3 cm³/mol. The third kappa shape index (κ3) is 4.09. The van der Waals surface area contributed by atoms with Crippen molar-refractivity contribution in [1.82, 2.24) is 9.78 Å². The Labute approximate surface area is 151 Å². The monoisotopic (exact) mass is 370 g/mol. The molecule has 3 aromatic rings. The number of nitrogens with one attached hydrogen (secondary N) is 2. The molecule has 0 radical (unpaired) electrons. The van der Waals surface area contributed by atoms with Gasteiger partial charge in [-0.05, 0) is 43.3 Å². The van der Waals surface area contributed by atoms with Crippen LogP contribution >= 0.6 is 0 Å². The van der Waals surface area contributed by atoms with E-state index in [4.69, 9.17) is 0 Å². The molecule has 8 heteroatoms. The van der Waals surface area contributed by atoms with Crippen LogP contribution in [-0.2, 0) is 14.8 Å². The molecule has 0 aliphatic rings. The van der Waals surface area contributed by atoms with Crippen LogP contribution in [0.2, 0.25) is 0 Å². The number of amides is 1. The van der Waals surface area contributed by atoms with E-state index >= 15 is 0 Å². The van der Waals surface area contributed by atoms with E-state index < -0.39 is 16.1 Å². The normalized spacial score (nSPS) is 12.3. The van der Waals surface area contributed by atoms with Gasteiger partial charge < -0.3 is 5.32 Å². The van der Waals surface area contributed by atoms with Gasteiger partial charge in [0, 0.05) is 18.1 Å². The van der Waals surface area contributed by atoms with Crippen molar-refractivity contribution in [2.24, 2.45) is 0 Å².